The lowest BCUT2D eigenvalue weighted by atomic mass is 10.0. The van der Waals surface area contributed by atoms with E-state index in [1.54, 1.807) is 49.9 Å². The number of carbonyl (C=O) groups excluding carboxylic acids is 1. The van der Waals surface area contributed by atoms with Gasteiger partial charge in [-0.1, -0.05) is 17.7 Å². The van der Waals surface area contributed by atoms with Gasteiger partial charge in [0, 0.05) is 55.9 Å². The van der Waals surface area contributed by atoms with Crippen molar-refractivity contribution in [2.24, 2.45) is 0 Å². The van der Waals surface area contributed by atoms with Crippen LogP contribution in [0.15, 0.2) is 61.2 Å². The zero-order valence-electron chi connectivity index (χ0n) is 19.9. The van der Waals surface area contributed by atoms with Crippen molar-refractivity contribution in [3.63, 3.8) is 0 Å². The lowest BCUT2D eigenvalue weighted by Gasteiger charge is -2.35. The maximum atomic E-state index is 13.9. The van der Waals surface area contributed by atoms with E-state index in [1.165, 1.54) is 6.07 Å². The lowest BCUT2D eigenvalue weighted by Crippen LogP contribution is -2.49. The highest BCUT2D eigenvalue weighted by Gasteiger charge is 2.26. The molecule has 1 aliphatic rings. The van der Waals surface area contributed by atoms with Crippen molar-refractivity contribution >= 4 is 23.3 Å². The summed E-state index contributed by atoms with van der Waals surface area (Å²) in [7, 11) is 0. The minimum atomic E-state index is -0.278. The molecule has 1 aromatic carbocycles. The maximum Gasteiger partial charge on any atom is 0.272 e. The van der Waals surface area contributed by atoms with Crippen LogP contribution in [0.3, 0.4) is 0 Å². The number of rotatable bonds is 4. The quantitative estimate of drug-likeness (QED) is 0.392. The number of hydrogen-bond donors (Lipinski definition) is 0. The summed E-state index contributed by atoms with van der Waals surface area (Å²) in [5.74, 6) is 0.340. The third-order valence-corrected chi connectivity index (χ3v) is 6.62. The zero-order valence-corrected chi connectivity index (χ0v) is 20.7. The Morgan fingerprint density at radius 2 is 1.75 bits per heavy atom. The number of amides is 1. The molecular formula is C27H24ClFN6O. The first-order chi connectivity index (χ1) is 17.4. The van der Waals surface area contributed by atoms with Crippen LogP contribution in [0, 0.1) is 19.7 Å². The standard InChI is InChI=1S/C27H24ClFN6O/c1-17-4-3-8-31-24(17)27(36)35-12-10-34(11-13-35)23-16-32-25(19-5-6-22(29)18(2)14-19)26(33-23)20-7-9-30-15-21(20)28/h3-9,14-16H,10-13H2,1-2H3. The monoisotopic (exact) mass is 502 g/mol. The van der Waals surface area contributed by atoms with Crippen LogP contribution < -0.4 is 4.90 Å². The predicted molar refractivity (Wildman–Crippen MR) is 137 cm³/mol. The Morgan fingerprint density at radius 3 is 2.47 bits per heavy atom. The molecule has 1 saturated heterocycles. The van der Waals surface area contributed by atoms with Gasteiger partial charge in [0.1, 0.15) is 23.0 Å². The van der Waals surface area contributed by atoms with E-state index < -0.39 is 0 Å². The average molecular weight is 503 g/mol. The van der Waals surface area contributed by atoms with E-state index in [0.717, 1.165) is 11.1 Å². The van der Waals surface area contributed by atoms with Gasteiger partial charge < -0.3 is 9.80 Å². The Morgan fingerprint density at radius 1 is 0.944 bits per heavy atom. The van der Waals surface area contributed by atoms with Gasteiger partial charge in [-0.25, -0.2) is 9.37 Å². The second-order valence-corrected chi connectivity index (χ2v) is 9.10. The minimum absolute atomic E-state index is 0.0647. The summed E-state index contributed by atoms with van der Waals surface area (Å²) in [6.07, 6.45) is 6.57. The molecule has 0 atom stereocenters. The van der Waals surface area contributed by atoms with Crippen molar-refractivity contribution in [2.45, 2.75) is 13.8 Å². The molecule has 4 heterocycles. The summed E-state index contributed by atoms with van der Waals surface area (Å²) in [6.45, 7) is 5.90. The zero-order chi connectivity index (χ0) is 25.2. The highest BCUT2D eigenvalue weighted by Crippen LogP contribution is 2.35. The number of anilines is 1. The van der Waals surface area contributed by atoms with Gasteiger partial charge in [-0.15, -0.1) is 0 Å². The summed E-state index contributed by atoms with van der Waals surface area (Å²) >= 11 is 6.48. The van der Waals surface area contributed by atoms with E-state index in [4.69, 9.17) is 21.6 Å². The topological polar surface area (TPSA) is 75.1 Å². The molecule has 1 amide bonds. The molecule has 9 heteroatoms. The highest BCUT2D eigenvalue weighted by atomic mass is 35.5. The average Bonchev–Trinajstić information content (AvgIpc) is 2.90. The molecule has 7 nitrogen and oxygen atoms in total. The van der Waals surface area contributed by atoms with Crippen LogP contribution in [0.4, 0.5) is 10.2 Å². The second-order valence-electron chi connectivity index (χ2n) is 8.69. The van der Waals surface area contributed by atoms with Crippen molar-refractivity contribution in [1.82, 2.24) is 24.8 Å². The van der Waals surface area contributed by atoms with Crippen molar-refractivity contribution in [3.05, 3.63) is 88.8 Å². The molecule has 1 aliphatic heterocycles. The van der Waals surface area contributed by atoms with Crippen molar-refractivity contribution in [3.8, 4) is 22.5 Å². The summed E-state index contributed by atoms with van der Waals surface area (Å²) < 4.78 is 13.9. The number of hydrogen-bond acceptors (Lipinski definition) is 6. The molecule has 182 valence electrons. The number of aromatic nitrogens is 4. The Bertz CT molecular complexity index is 1440. The molecule has 0 saturated carbocycles. The number of pyridine rings is 2. The van der Waals surface area contributed by atoms with Gasteiger partial charge in [0.25, 0.3) is 5.91 Å². The third kappa shape index (κ3) is 4.64. The van der Waals surface area contributed by atoms with Crippen molar-refractivity contribution in [1.29, 1.82) is 0 Å². The molecule has 5 rings (SSSR count). The Labute approximate surface area is 213 Å². The number of benzene rings is 1. The van der Waals surface area contributed by atoms with Crippen LogP contribution in [0.5, 0.6) is 0 Å². The summed E-state index contributed by atoms with van der Waals surface area (Å²) in [4.78, 5) is 34.9. The van der Waals surface area contributed by atoms with E-state index >= 15 is 0 Å². The number of nitrogens with zero attached hydrogens (tertiary/aromatic N) is 6. The Balaban J connectivity index is 1.44. The number of piperazine rings is 1. The number of carbonyl (C=O) groups is 1. The summed E-state index contributed by atoms with van der Waals surface area (Å²) in [5, 5.41) is 0.449. The van der Waals surface area contributed by atoms with Crippen LogP contribution in [0.2, 0.25) is 5.02 Å². The molecule has 3 aromatic heterocycles. The van der Waals surface area contributed by atoms with E-state index in [9.17, 15) is 9.18 Å². The van der Waals surface area contributed by atoms with Crippen LogP contribution in [-0.2, 0) is 0 Å². The Kier molecular flexibility index (Phi) is 6.61. The molecule has 0 aliphatic carbocycles. The van der Waals surface area contributed by atoms with Gasteiger partial charge >= 0.3 is 0 Å². The maximum absolute atomic E-state index is 13.9. The van der Waals surface area contributed by atoms with Gasteiger partial charge in [-0.05, 0) is 55.3 Å². The smallest absolute Gasteiger partial charge is 0.272 e. The molecule has 36 heavy (non-hydrogen) atoms. The molecule has 0 spiro atoms. The number of aryl methyl sites for hydroxylation is 2. The van der Waals surface area contributed by atoms with Crippen LogP contribution >= 0.6 is 11.6 Å². The van der Waals surface area contributed by atoms with Gasteiger partial charge in [-0.3, -0.25) is 19.7 Å². The van der Waals surface area contributed by atoms with Crippen LogP contribution in [0.1, 0.15) is 21.6 Å². The first-order valence-corrected chi connectivity index (χ1v) is 12.0. The fraction of sp³-hybridized carbons (Fsp3) is 0.222. The molecule has 0 radical (unpaired) electrons. The van der Waals surface area contributed by atoms with Gasteiger partial charge in [0.05, 0.1) is 16.9 Å². The predicted octanol–water partition coefficient (Wildman–Crippen LogP) is 4.97. The normalized spacial score (nSPS) is 13.7. The SMILES string of the molecule is Cc1cc(-c2ncc(N3CCN(C(=O)c4ncccc4C)CC3)nc2-c2ccncc2Cl)ccc1F. The fourth-order valence-electron chi connectivity index (χ4n) is 4.29. The van der Waals surface area contributed by atoms with Crippen LogP contribution in [-0.4, -0.2) is 56.9 Å². The van der Waals surface area contributed by atoms with Gasteiger partial charge in [-0.2, -0.15) is 0 Å². The summed E-state index contributed by atoms with van der Waals surface area (Å²) in [5.41, 5.74) is 4.51. The van der Waals surface area contributed by atoms with Gasteiger partial charge in [0.2, 0.25) is 0 Å². The Hall–Kier alpha value is -3.91. The van der Waals surface area contributed by atoms with E-state index in [2.05, 4.69) is 14.9 Å². The first-order valence-electron chi connectivity index (χ1n) is 11.6. The fourth-order valence-corrected chi connectivity index (χ4v) is 4.50. The molecule has 0 bridgehead atoms. The van der Waals surface area contributed by atoms with Crippen LogP contribution in [0.25, 0.3) is 22.5 Å². The third-order valence-electron chi connectivity index (χ3n) is 6.32. The van der Waals surface area contributed by atoms with E-state index in [-0.39, 0.29) is 11.7 Å². The van der Waals surface area contributed by atoms with Gasteiger partial charge in [0.15, 0.2) is 0 Å². The minimum Gasteiger partial charge on any atom is -0.352 e. The first kappa shape index (κ1) is 23.8. The van der Waals surface area contributed by atoms with Crippen molar-refractivity contribution < 1.29 is 9.18 Å². The molecule has 1 fully saturated rings. The lowest BCUT2D eigenvalue weighted by molar-refractivity contribution is 0.0740. The second kappa shape index (κ2) is 9.99. The largest absolute Gasteiger partial charge is 0.352 e. The van der Waals surface area contributed by atoms with E-state index in [0.29, 0.717) is 65.2 Å². The summed E-state index contributed by atoms with van der Waals surface area (Å²) in [6, 6.07) is 10.4. The highest BCUT2D eigenvalue weighted by molar-refractivity contribution is 6.33. The van der Waals surface area contributed by atoms with E-state index in [1.807, 2.05) is 24.0 Å². The molecule has 0 unspecified atom stereocenters. The van der Waals surface area contributed by atoms with Crippen molar-refractivity contribution in [2.75, 3.05) is 31.1 Å². The molecule has 4 aromatic rings. The number of halogens is 2. The molecule has 0 N–H and O–H groups in total. The molecular weight excluding hydrogens is 479 g/mol.